The Morgan fingerprint density at radius 2 is 1.52 bits per heavy atom. The maximum absolute atomic E-state index is 13.6. The fraction of sp³-hybridized carbons (Fsp3) is 0.0909. The van der Waals surface area contributed by atoms with Gasteiger partial charge >= 0.3 is 0 Å². The topological polar surface area (TPSA) is 67.4 Å². The van der Waals surface area contributed by atoms with Crippen LogP contribution in [-0.4, -0.2) is 24.7 Å². The van der Waals surface area contributed by atoms with Gasteiger partial charge in [0, 0.05) is 21.8 Å². The summed E-state index contributed by atoms with van der Waals surface area (Å²) >= 11 is 1.13. The number of halogens is 1. The summed E-state index contributed by atoms with van der Waals surface area (Å²) in [6, 6.07) is 19.9. The van der Waals surface area contributed by atoms with E-state index >= 15 is 0 Å². The molecular formula is C22H19FN2O3S. The fourth-order valence-corrected chi connectivity index (χ4v) is 3.22. The van der Waals surface area contributed by atoms with Crippen LogP contribution in [0.2, 0.25) is 0 Å². The van der Waals surface area contributed by atoms with Gasteiger partial charge in [-0.3, -0.25) is 9.59 Å². The summed E-state index contributed by atoms with van der Waals surface area (Å²) in [6.45, 7) is 0. The highest BCUT2D eigenvalue weighted by atomic mass is 32.2. The number of benzene rings is 3. The number of ether oxygens (including phenoxy) is 1. The third-order valence-corrected chi connectivity index (χ3v) is 5.02. The van der Waals surface area contributed by atoms with Crippen molar-refractivity contribution in [2.45, 2.75) is 4.90 Å². The Kier molecular flexibility index (Phi) is 6.86. The van der Waals surface area contributed by atoms with Gasteiger partial charge in [-0.2, -0.15) is 0 Å². The van der Waals surface area contributed by atoms with Gasteiger partial charge < -0.3 is 15.4 Å². The minimum atomic E-state index is -0.350. The minimum absolute atomic E-state index is 0.0840. The van der Waals surface area contributed by atoms with Crippen molar-refractivity contribution in [2.75, 3.05) is 23.5 Å². The Labute approximate surface area is 172 Å². The van der Waals surface area contributed by atoms with Gasteiger partial charge in [-0.1, -0.05) is 12.1 Å². The Hall–Kier alpha value is -3.32. The summed E-state index contributed by atoms with van der Waals surface area (Å²) in [5.41, 5.74) is 1.67. The first-order valence-electron chi connectivity index (χ1n) is 8.78. The van der Waals surface area contributed by atoms with E-state index in [2.05, 4.69) is 10.6 Å². The molecule has 0 saturated carbocycles. The number of nitrogens with one attached hydrogen (secondary N) is 2. The Morgan fingerprint density at radius 3 is 2.17 bits per heavy atom. The number of anilines is 2. The number of thioether (sulfide) groups is 1. The first-order chi connectivity index (χ1) is 14.0. The van der Waals surface area contributed by atoms with E-state index in [0.717, 1.165) is 11.8 Å². The van der Waals surface area contributed by atoms with E-state index in [1.165, 1.54) is 6.07 Å². The van der Waals surface area contributed by atoms with E-state index in [4.69, 9.17) is 4.74 Å². The summed E-state index contributed by atoms with van der Waals surface area (Å²) in [6.07, 6.45) is 0. The third-order valence-electron chi connectivity index (χ3n) is 3.97. The predicted molar refractivity (Wildman–Crippen MR) is 113 cm³/mol. The van der Waals surface area contributed by atoms with Gasteiger partial charge in [0.15, 0.2) is 0 Å². The first kappa shape index (κ1) is 20.4. The largest absolute Gasteiger partial charge is 0.497 e. The quantitative estimate of drug-likeness (QED) is 0.548. The smallest absolute Gasteiger partial charge is 0.255 e. The molecule has 3 aromatic carbocycles. The molecule has 0 fully saturated rings. The van der Waals surface area contributed by atoms with Crippen LogP contribution in [-0.2, 0) is 4.79 Å². The number of hydrogen-bond donors (Lipinski definition) is 2. The van der Waals surface area contributed by atoms with Gasteiger partial charge in [-0.05, 0) is 60.7 Å². The molecule has 5 nitrogen and oxygen atoms in total. The lowest BCUT2D eigenvalue weighted by atomic mass is 10.2. The molecule has 0 bridgehead atoms. The monoisotopic (exact) mass is 410 g/mol. The molecule has 7 heteroatoms. The van der Waals surface area contributed by atoms with Crippen LogP contribution in [0.4, 0.5) is 15.8 Å². The van der Waals surface area contributed by atoms with Crippen LogP contribution in [0.3, 0.4) is 0 Å². The molecule has 3 aromatic rings. The van der Waals surface area contributed by atoms with Crippen molar-refractivity contribution in [2.24, 2.45) is 0 Å². The lowest BCUT2D eigenvalue weighted by Crippen LogP contribution is -2.15. The van der Waals surface area contributed by atoms with E-state index in [1.807, 2.05) is 0 Å². The lowest BCUT2D eigenvalue weighted by molar-refractivity contribution is -0.113. The highest BCUT2D eigenvalue weighted by Gasteiger charge is 2.09. The normalized spacial score (nSPS) is 10.3. The molecule has 0 unspecified atom stereocenters. The van der Waals surface area contributed by atoms with E-state index in [-0.39, 0.29) is 23.4 Å². The van der Waals surface area contributed by atoms with Crippen molar-refractivity contribution in [3.8, 4) is 5.75 Å². The summed E-state index contributed by atoms with van der Waals surface area (Å²) in [5, 5.41) is 5.53. The van der Waals surface area contributed by atoms with E-state index in [0.29, 0.717) is 27.6 Å². The van der Waals surface area contributed by atoms with Gasteiger partial charge in [-0.15, -0.1) is 11.8 Å². The zero-order chi connectivity index (χ0) is 20.6. The molecule has 0 aliphatic carbocycles. The molecule has 29 heavy (non-hydrogen) atoms. The van der Waals surface area contributed by atoms with Crippen LogP contribution in [0.25, 0.3) is 0 Å². The van der Waals surface area contributed by atoms with Crippen LogP contribution >= 0.6 is 11.8 Å². The third kappa shape index (κ3) is 5.83. The lowest BCUT2D eigenvalue weighted by Gasteiger charge is -2.08. The number of methoxy groups -OCH3 is 1. The molecular weight excluding hydrogens is 391 g/mol. The number of carbonyl (C=O) groups is 2. The maximum atomic E-state index is 13.6. The van der Waals surface area contributed by atoms with Crippen molar-refractivity contribution in [3.63, 3.8) is 0 Å². The van der Waals surface area contributed by atoms with Crippen LogP contribution < -0.4 is 15.4 Å². The second-order valence-electron chi connectivity index (χ2n) is 6.03. The zero-order valence-corrected chi connectivity index (χ0v) is 16.5. The standard InChI is InChI=1S/C22H19FN2O3S/c1-28-18-12-10-17(11-13-18)25-22(27)15-6-8-16(9-7-15)24-21(26)14-29-20-5-3-2-4-19(20)23/h2-13H,14H2,1H3,(H,24,26)(H,25,27). The van der Waals surface area contributed by atoms with E-state index < -0.39 is 0 Å². The van der Waals surface area contributed by atoms with Crippen molar-refractivity contribution < 1.29 is 18.7 Å². The fourth-order valence-electron chi connectivity index (χ4n) is 2.48. The Bertz CT molecular complexity index is 992. The van der Waals surface area contributed by atoms with Gasteiger partial charge in [0.05, 0.1) is 12.9 Å². The van der Waals surface area contributed by atoms with Gasteiger partial charge in [0.2, 0.25) is 5.91 Å². The summed E-state index contributed by atoms with van der Waals surface area (Å²) in [5.74, 6) is -0.0775. The molecule has 3 rings (SSSR count). The highest BCUT2D eigenvalue weighted by Crippen LogP contribution is 2.21. The number of amides is 2. The number of rotatable bonds is 7. The van der Waals surface area contributed by atoms with Gasteiger partial charge in [0.1, 0.15) is 11.6 Å². The Balaban J connectivity index is 1.53. The summed E-state index contributed by atoms with van der Waals surface area (Å²) in [7, 11) is 1.58. The SMILES string of the molecule is COc1ccc(NC(=O)c2ccc(NC(=O)CSc3ccccc3F)cc2)cc1. The highest BCUT2D eigenvalue weighted by molar-refractivity contribution is 8.00. The minimum Gasteiger partial charge on any atom is -0.497 e. The summed E-state index contributed by atoms with van der Waals surface area (Å²) < 4.78 is 18.7. The van der Waals surface area contributed by atoms with Crippen molar-refractivity contribution in [1.29, 1.82) is 0 Å². The molecule has 0 heterocycles. The van der Waals surface area contributed by atoms with Crippen LogP contribution in [0.15, 0.2) is 77.7 Å². The van der Waals surface area contributed by atoms with Crippen LogP contribution in [0.5, 0.6) is 5.75 Å². The molecule has 2 amide bonds. The molecule has 0 spiro atoms. The molecule has 2 N–H and O–H groups in total. The van der Waals surface area contributed by atoms with Gasteiger partial charge in [-0.25, -0.2) is 4.39 Å². The zero-order valence-electron chi connectivity index (χ0n) is 15.6. The molecule has 0 radical (unpaired) electrons. The molecule has 0 saturated heterocycles. The van der Waals surface area contributed by atoms with Crippen LogP contribution in [0, 0.1) is 5.82 Å². The molecule has 0 aliphatic heterocycles. The van der Waals surface area contributed by atoms with E-state index in [9.17, 15) is 14.0 Å². The van der Waals surface area contributed by atoms with Crippen molar-refractivity contribution in [3.05, 3.63) is 84.2 Å². The van der Waals surface area contributed by atoms with Crippen molar-refractivity contribution >= 4 is 35.0 Å². The van der Waals surface area contributed by atoms with Crippen LogP contribution in [0.1, 0.15) is 10.4 Å². The second-order valence-corrected chi connectivity index (χ2v) is 7.04. The Morgan fingerprint density at radius 1 is 0.897 bits per heavy atom. The molecule has 0 aromatic heterocycles. The molecule has 148 valence electrons. The summed E-state index contributed by atoms with van der Waals surface area (Å²) in [4.78, 5) is 24.8. The number of hydrogen-bond acceptors (Lipinski definition) is 4. The van der Waals surface area contributed by atoms with Gasteiger partial charge in [0.25, 0.3) is 5.91 Å². The van der Waals surface area contributed by atoms with E-state index in [1.54, 1.807) is 73.8 Å². The second kappa shape index (κ2) is 9.75. The molecule has 0 aliphatic rings. The number of carbonyl (C=O) groups excluding carboxylic acids is 2. The predicted octanol–water partition coefficient (Wildman–Crippen LogP) is 4.82. The average molecular weight is 410 g/mol. The van der Waals surface area contributed by atoms with Crippen molar-refractivity contribution in [1.82, 2.24) is 0 Å². The maximum Gasteiger partial charge on any atom is 0.255 e. The molecule has 0 atom stereocenters. The first-order valence-corrected chi connectivity index (χ1v) is 9.76. The average Bonchev–Trinajstić information content (AvgIpc) is 2.74.